The molecule has 0 radical (unpaired) electrons. The predicted octanol–water partition coefficient (Wildman–Crippen LogP) is 2.93. The maximum absolute atomic E-state index is 12.9. The Morgan fingerprint density at radius 2 is 2.25 bits per heavy atom. The van der Waals surface area contributed by atoms with E-state index in [4.69, 9.17) is 15.0 Å². The highest BCUT2D eigenvalue weighted by atomic mass is 16.5. The minimum absolute atomic E-state index is 0.139. The molecule has 0 aromatic carbocycles. The van der Waals surface area contributed by atoms with Gasteiger partial charge in [0.2, 0.25) is 5.91 Å². The molecule has 2 unspecified atom stereocenters. The Morgan fingerprint density at radius 3 is 2.88 bits per heavy atom. The van der Waals surface area contributed by atoms with E-state index in [-0.39, 0.29) is 17.7 Å². The first-order valence-electron chi connectivity index (χ1n) is 9.14. The predicted molar refractivity (Wildman–Crippen MR) is 92.9 cm³/mol. The highest BCUT2D eigenvalue weighted by molar-refractivity contribution is 5.84. The van der Waals surface area contributed by atoms with Gasteiger partial charge in [-0.15, -0.1) is 0 Å². The van der Waals surface area contributed by atoms with E-state index in [1.165, 1.54) is 0 Å². The summed E-state index contributed by atoms with van der Waals surface area (Å²) in [5, 5.41) is 3.97. The second kappa shape index (κ2) is 9.06. The van der Waals surface area contributed by atoms with Crippen LogP contribution in [0.1, 0.15) is 64.6 Å². The molecule has 1 aromatic heterocycles. The third-order valence-electron chi connectivity index (χ3n) is 4.68. The van der Waals surface area contributed by atoms with E-state index in [0.29, 0.717) is 30.8 Å². The number of amides is 1. The van der Waals surface area contributed by atoms with Gasteiger partial charge in [0.15, 0.2) is 5.76 Å². The number of hydrogen-bond acceptors (Lipinski definition) is 5. The van der Waals surface area contributed by atoms with Crippen LogP contribution in [0.3, 0.4) is 0 Å². The highest BCUT2D eigenvalue weighted by Crippen LogP contribution is 2.31. The molecule has 2 rings (SSSR count). The van der Waals surface area contributed by atoms with Gasteiger partial charge in [-0.25, -0.2) is 0 Å². The summed E-state index contributed by atoms with van der Waals surface area (Å²) in [5.74, 6) is 1.06. The van der Waals surface area contributed by atoms with Crippen molar-refractivity contribution < 1.29 is 14.1 Å². The first kappa shape index (κ1) is 18.8. The lowest BCUT2D eigenvalue weighted by molar-refractivity contribution is -0.134. The van der Waals surface area contributed by atoms with Crippen LogP contribution in [-0.4, -0.2) is 41.7 Å². The van der Waals surface area contributed by atoms with Crippen LogP contribution in [0.15, 0.2) is 10.6 Å². The molecule has 0 aliphatic carbocycles. The maximum Gasteiger partial charge on any atom is 0.254 e. The number of ether oxygens (including phenoxy) is 1. The molecule has 6 nitrogen and oxygen atoms in total. The van der Waals surface area contributed by atoms with Crippen LogP contribution in [0.2, 0.25) is 0 Å². The van der Waals surface area contributed by atoms with E-state index in [0.717, 1.165) is 38.6 Å². The van der Waals surface area contributed by atoms with Gasteiger partial charge in [0.1, 0.15) is 5.92 Å². The number of carbonyl (C=O) groups excluding carboxylic acids is 1. The minimum Gasteiger partial charge on any atom is -0.476 e. The smallest absolute Gasteiger partial charge is 0.254 e. The molecule has 2 N–H and O–H groups in total. The number of unbranched alkanes of at least 4 members (excludes halogenated alkanes) is 2. The molecule has 1 aromatic rings. The molecule has 1 aliphatic heterocycles. The van der Waals surface area contributed by atoms with Crippen LogP contribution in [0.25, 0.3) is 0 Å². The zero-order valence-corrected chi connectivity index (χ0v) is 15.2. The summed E-state index contributed by atoms with van der Waals surface area (Å²) in [5.41, 5.74) is 5.47. The molecule has 136 valence electrons. The van der Waals surface area contributed by atoms with Crippen molar-refractivity contribution in [3.63, 3.8) is 0 Å². The van der Waals surface area contributed by atoms with Gasteiger partial charge in [-0.2, -0.15) is 0 Å². The van der Waals surface area contributed by atoms with Crippen LogP contribution in [0, 0.1) is 5.92 Å². The second-order valence-electron chi connectivity index (χ2n) is 7.01. The topological polar surface area (TPSA) is 81.6 Å². The van der Waals surface area contributed by atoms with Gasteiger partial charge in [-0.05, 0) is 56.6 Å². The maximum atomic E-state index is 12.9. The molecule has 1 aliphatic rings. The molecule has 0 bridgehead atoms. The fourth-order valence-electron chi connectivity index (χ4n) is 3.26. The second-order valence-corrected chi connectivity index (χ2v) is 7.01. The number of aromatic nitrogens is 1. The number of hydrogen-bond donors (Lipinski definition) is 1. The lowest BCUT2D eigenvalue weighted by Gasteiger charge is -2.27. The van der Waals surface area contributed by atoms with E-state index < -0.39 is 0 Å². The average Bonchev–Trinajstić information content (AvgIpc) is 3.16. The number of nitrogens with zero attached hydrogens (tertiary/aromatic N) is 2. The van der Waals surface area contributed by atoms with Gasteiger partial charge in [0, 0.05) is 18.7 Å². The van der Waals surface area contributed by atoms with Crippen molar-refractivity contribution in [2.75, 3.05) is 19.7 Å². The summed E-state index contributed by atoms with van der Waals surface area (Å²) in [6.07, 6.45) is 5.14. The van der Waals surface area contributed by atoms with Gasteiger partial charge in [0.25, 0.3) is 5.88 Å². The van der Waals surface area contributed by atoms with Gasteiger partial charge < -0.3 is 19.9 Å². The Morgan fingerprint density at radius 1 is 1.46 bits per heavy atom. The fraction of sp³-hybridized carbons (Fsp3) is 0.778. The standard InChI is InChI=1S/C18H31N3O3/c1-13(2)17(18(22)21-10-7-8-14(21)3)15-12-16(20-24-15)23-11-6-4-5-9-19/h12-14,17H,4-11,19H2,1-3H3. The minimum atomic E-state index is -0.298. The van der Waals surface area contributed by atoms with E-state index in [1.807, 2.05) is 18.7 Å². The van der Waals surface area contributed by atoms with Crippen molar-refractivity contribution in [1.29, 1.82) is 0 Å². The third kappa shape index (κ3) is 4.72. The summed E-state index contributed by atoms with van der Waals surface area (Å²) < 4.78 is 11.1. The van der Waals surface area contributed by atoms with E-state index in [9.17, 15) is 4.79 Å². The van der Waals surface area contributed by atoms with Crippen molar-refractivity contribution >= 4 is 5.91 Å². The van der Waals surface area contributed by atoms with Crippen molar-refractivity contribution in [2.45, 2.75) is 64.8 Å². The SMILES string of the molecule is CC(C)C(C(=O)N1CCCC1C)c1cc(OCCCCCN)no1. The van der Waals surface area contributed by atoms with Gasteiger partial charge in [-0.1, -0.05) is 13.8 Å². The zero-order valence-electron chi connectivity index (χ0n) is 15.2. The van der Waals surface area contributed by atoms with Gasteiger partial charge in [0.05, 0.1) is 6.61 Å². The molecule has 0 spiro atoms. The number of carbonyl (C=O) groups is 1. The first-order chi connectivity index (χ1) is 11.5. The van der Waals surface area contributed by atoms with E-state index in [1.54, 1.807) is 6.07 Å². The molecule has 2 atom stereocenters. The lowest BCUT2D eigenvalue weighted by Crippen LogP contribution is -2.38. The summed E-state index contributed by atoms with van der Waals surface area (Å²) in [6, 6.07) is 2.08. The van der Waals surface area contributed by atoms with E-state index in [2.05, 4.69) is 12.1 Å². The normalized spacial score (nSPS) is 19.0. The Balaban J connectivity index is 1.97. The molecule has 1 fully saturated rings. The first-order valence-corrected chi connectivity index (χ1v) is 9.14. The fourth-order valence-corrected chi connectivity index (χ4v) is 3.26. The Hall–Kier alpha value is -1.56. The van der Waals surface area contributed by atoms with Crippen molar-refractivity contribution in [1.82, 2.24) is 10.1 Å². The largest absolute Gasteiger partial charge is 0.476 e. The van der Waals surface area contributed by atoms with Crippen LogP contribution >= 0.6 is 0 Å². The summed E-state index contributed by atoms with van der Waals surface area (Å²) in [4.78, 5) is 14.9. The molecule has 0 saturated carbocycles. The molecule has 1 amide bonds. The zero-order chi connectivity index (χ0) is 17.5. The van der Waals surface area contributed by atoms with Crippen LogP contribution in [0.5, 0.6) is 5.88 Å². The van der Waals surface area contributed by atoms with Crippen LogP contribution in [0.4, 0.5) is 0 Å². The molecular weight excluding hydrogens is 306 g/mol. The molecule has 1 saturated heterocycles. The summed E-state index contributed by atoms with van der Waals surface area (Å²) in [7, 11) is 0. The Bertz CT molecular complexity index is 515. The average molecular weight is 337 g/mol. The molecule has 24 heavy (non-hydrogen) atoms. The van der Waals surface area contributed by atoms with Gasteiger partial charge in [-0.3, -0.25) is 4.79 Å². The van der Waals surface area contributed by atoms with Crippen molar-refractivity contribution in [3.8, 4) is 5.88 Å². The van der Waals surface area contributed by atoms with Gasteiger partial charge >= 0.3 is 0 Å². The highest BCUT2D eigenvalue weighted by Gasteiger charge is 2.35. The molecule has 2 heterocycles. The molecule has 6 heteroatoms. The van der Waals surface area contributed by atoms with Crippen molar-refractivity contribution in [3.05, 3.63) is 11.8 Å². The van der Waals surface area contributed by atoms with Crippen LogP contribution in [-0.2, 0) is 4.79 Å². The number of rotatable bonds is 9. The summed E-state index contributed by atoms with van der Waals surface area (Å²) >= 11 is 0. The number of likely N-dealkylation sites (tertiary alicyclic amines) is 1. The Kier molecular flexibility index (Phi) is 7.09. The summed E-state index contributed by atoms with van der Waals surface area (Å²) in [6.45, 7) is 8.33. The monoisotopic (exact) mass is 337 g/mol. The third-order valence-corrected chi connectivity index (χ3v) is 4.68. The Labute approximate surface area is 144 Å². The van der Waals surface area contributed by atoms with E-state index >= 15 is 0 Å². The lowest BCUT2D eigenvalue weighted by atomic mass is 9.91. The molecular formula is C18H31N3O3. The quantitative estimate of drug-likeness (QED) is 0.701. The van der Waals surface area contributed by atoms with Crippen LogP contribution < -0.4 is 10.5 Å². The number of nitrogens with two attached hydrogens (primary N) is 1. The van der Waals surface area contributed by atoms with Crippen molar-refractivity contribution in [2.24, 2.45) is 11.7 Å².